The van der Waals surface area contributed by atoms with Crippen LogP contribution in [0.15, 0.2) is 0 Å². The van der Waals surface area contributed by atoms with Gasteiger partial charge in [0, 0.05) is 26.2 Å². The largest absolute Gasteiger partial charge is 0.567 e. The topological polar surface area (TPSA) is 44.8 Å². The van der Waals surface area contributed by atoms with Gasteiger partial charge in [0.2, 0.25) is 0 Å². The lowest BCUT2D eigenvalue weighted by Gasteiger charge is -2.27. The quantitative estimate of drug-likeness (QED) is 0.615. The first kappa shape index (κ1) is 13.6. The number of carbonyl (C=O) groups excluding carboxylic acids is 1. The van der Waals surface area contributed by atoms with Crippen molar-refractivity contribution in [1.29, 1.82) is 0 Å². The van der Waals surface area contributed by atoms with Crippen LogP contribution in [0.2, 0.25) is 6.04 Å². The van der Waals surface area contributed by atoms with Crippen LogP contribution in [0.1, 0.15) is 34.1 Å². The Hall–Kier alpha value is -0.393. The van der Waals surface area contributed by atoms with Crippen LogP contribution in [0, 0.1) is 0 Å². The molecule has 0 rings (SSSR count). The maximum Gasteiger partial charge on any atom is 0.567 e. The van der Waals surface area contributed by atoms with Gasteiger partial charge < -0.3 is 13.3 Å². The Labute approximate surface area is 86.9 Å². The van der Waals surface area contributed by atoms with E-state index < -0.39 is 8.80 Å². The Bertz CT molecular complexity index is 155. The van der Waals surface area contributed by atoms with Crippen molar-refractivity contribution in [3.8, 4) is 0 Å². The summed E-state index contributed by atoms with van der Waals surface area (Å²) in [5, 5.41) is 0. The first-order chi connectivity index (χ1) is 6.60. The van der Waals surface area contributed by atoms with Crippen molar-refractivity contribution in [2.75, 3.05) is 13.2 Å². The van der Waals surface area contributed by atoms with Crippen molar-refractivity contribution >= 4 is 14.8 Å². The van der Waals surface area contributed by atoms with E-state index in [1.165, 1.54) is 6.92 Å². The Morgan fingerprint density at radius 1 is 1.14 bits per heavy atom. The molecule has 5 heteroatoms. The molecule has 0 unspecified atom stereocenters. The number of hydrogen-bond acceptors (Lipinski definition) is 4. The smallest absolute Gasteiger partial charge is 0.473 e. The van der Waals surface area contributed by atoms with Gasteiger partial charge in [-0.05, 0) is 13.8 Å². The average Bonchev–Trinajstić information content (AvgIpc) is 2.03. The lowest BCUT2D eigenvalue weighted by atomic mass is 10.6. The molecule has 0 aromatic carbocycles. The molecule has 0 aliphatic rings. The number of rotatable bonds is 7. The zero-order valence-corrected chi connectivity index (χ0v) is 10.5. The molecule has 0 aliphatic heterocycles. The molecule has 0 heterocycles. The van der Waals surface area contributed by atoms with Crippen molar-refractivity contribution in [3.05, 3.63) is 0 Å². The minimum Gasteiger partial charge on any atom is -0.473 e. The van der Waals surface area contributed by atoms with Gasteiger partial charge in [-0.1, -0.05) is 13.3 Å². The van der Waals surface area contributed by atoms with Crippen molar-refractivity contribution in [3.63, 3.8) is 0 Å². The molecule has 14 heavy (non-hydrogen) atoms. The van der Waals surface area contributed by atoms with Crippen molar-refractivity contribution in [1.82, 2.24) is 0 Å². The summed E-state index contributed by atoms with van der Waals surface area (Å²) in [6.45, 7) is 8.18. The molecule has 84 valence electrons. The van der Waals surface area contributed by atoms with Crippen LogP contribution in [0.25, 0.3) is 0 Å². The molecule has 0 saturated heterocycles. The molecule has 0 fully saturated rings. The van der Waals surface area contributed by atoms with E-state index in [4.69, 9.17) is 13.3 Å². The lowest BCUT2D eigenvalue weighted by Crippen LogP contribution is -2.46. The molecule has 0 radical (unpaired) electrons. The number of hydrogen-bond donors (Lipinski definition) is 0. The van der Waals surface area contributed by atoms with E-state index in [-0.39, 0.29) is 5.97 Å². The minimum absolute atomic E-state index is 0.327. The van der Waals surface area contributed by atoms with Crippen LogP contribution in [0.4, 0.5) is 0 Å². The van der Waals surface area contributed by atoms with Gasteiger partial charge in [-0.15, -0.1) is 0 Å². The fourth-order valence-corrected chi connectivity index (χ4v) is 3.78. The molecule has 0 N–H and O–H groups in total. The third-order valence-corrected chi connectivity index (χ3v) is 4.75. The van der Waals surface area contributed by atoms with Crippen LogP contribution in [0.5, 0.6) is 0 Å². The van der Waals surface area contributed by atoms with Gasteiger partial charge >= 0.3 is 8.80 Å². The molecular formula is C9H20O4Si. The van der Waals surface area contributed by atoms with E-state index in [1.807, 2.05) is 20.8 Å². The van der Waals surface area contributed by atoms with Gasteiger partial charge in [0.25, 0.3) is 5.97 Å². The third kappa shape index (κ3) is 4.73. The van der Waals surface area contributed by atoms with Gasteiger partial charge in [0.15, 0.2) is 0 Å². The Morgan fingerprint density at radius 3 is 1.93 bits per heavy atom. The van der Waals surface area contributed by atoms with E-state index in [1.54, 1.807) is 0 Å². The minimum atomic E-state index is -2.71. The van der Waals surface area contributed by atoms with Crippen molar-refractivity contribution < 1.29 is 18.1 Å². The fraction of sp³-hybridized carbons (Fsp3) is 0.889. The zero-order valence-electron chi connectivity index (χ0n) is 9.46. The lowest BCUT2D eigenvalue weighted by molar-refractivity contribution is -0.136. The summed E-state index contributed by atoms with van der Waals surface area (Å²) in [6.07, 6.45) is 0.888. The molecule has 0 amide bonds. The molecule has 0 atom stereocenters. The molecule has 0 aromatic heterocycles. The standard InChI is InChI=1S/C9H20O4Si/c1-5-8-14(11-6-2,12-7-3)13-9(4)10/h5-8H2,1-4H3. The summed E-state index contributed by atoms with van der Waals surface area (Å²) in [5.41, 5.74) is 0. The zero-order chi connectivity index (χ0) is 11.0. The monoisotopic (exact) mass is 220 g/mol. The maximum atomic E-state index is 10.9. The van der Waals surface area contributed by atoms with E-state index >= 15 is 0 Å². The first-order valence-corrected chi connectivity index (χ1v) is 7.00. The highest BCUT2D eigenvalue weighted by Gasteiger charge is 2.42. The van der Waals surface area contributed by atoms with E-state index in [9.17, 15) is 4.79 Å². The van der Waals surface area contributed by atoms with Crippen molar-refractivity contribution in [2.45, 2.75) is 40.2 Å². The second kappa shape index (κ2) is 6.97. The van der Waals surface area contributed by atoms with Crippen molar-refractivity contribution in [2.24, 2.45) is 0 Å². The maximum absolute atomic E-state index is 10.9. The van der Waals surface area contributed by atoms with Crippen LogP contribution >= 0.6 is 0 Å². The van der Waals surface area contributed by atoms with Crippen LogP contribution in [-0.2, 0) is 18.1 Å². The highest BCUT2D eigenvalue weighted by molar-refractivity contribution is 6.62. The summed E-state index contributed by atoms with van der Waals surface area (Å²) in [7, 11) is -2.71. The van der Waals surface area contributed by atoms with Gasteiger partial charge in [0.05, 0.1) is 0 Å². The molecule has 0 bridgehead atoms. The van der Waals surface area contributed by atoms with Gasteiger partial charge in [-0.3, -0.25) is 4.79 Å². The van der Waals surface area contributed by atoms with E-state index in [2.05, 4.69) is 0 Å². The normalized spacial score (nSPS) is 11.4. The summed E-state index contributed by atoms with van der Waals surface area (Å²) in [6, 6.07) is 0.689. The van der Waals surface area contributed by atoms with Crippen LogP contribution < -0.4 is 0 Å². The summed E-state index contributed by atoms with van der Waals surface area (Å²) in [5.74, 6) is -0.327. The highest BCUT2D eigenvalue weighted by Crippen LogP contribution is 2.17. The first-order valence-electron chi connectivity index (χ1n) is 5.07. The third-order valence-electron chi connectivity index (χ3n) is 1.58. The molecule has 0 aromatic rings. The average molecular weight is 220 g/mol. The predicted octanol–water partition coefficient (Wildman–Crippen LogP) is 1.97. The van der Waals surface area contributed by atoms with Gasteiger partial charge in [0.1, 0.15) is 0 Å². The van der Waals surface area contributed by atoms with Crippen LogP contribution in [0.3, 0.4) is 0 Å². The second-order valence-corrected chi connectivity index (χ2v) is 5.54. The summed E-state index contributed by atoms with van der Waals surface area (Å²) in [4.78, 5) is 10.9. The Morgan fingerprint density at radius 2 is 1.64 bits per heavy atom. The van der Waals surface area contributed by atoms with Gasteiger partial charge in [-0.2, -0.15) is 0 Å². The fourth-order valence-electron chi connectivity index (χ4n) is 1.26. The van der Waals surface area contributed by atoms with E-state index in [0.717, 1.165) is 6.42 Å². The van der Waals surface area contributed by atoms with E-state index in [0.29, 0.717) is 19.3 Å². The van der Waals surface area contributed by atoms with Crippen LogP contribution in [-0.4, -0.2) is 28.0 Å². The number of carbonyl (C=O) groups is 1. The molecule has 4 nitrogen and oxygen atoms in total. The Kier molecular flexibility index (Phi) is 6.78. The molecule has 0 saturated carbocycles. The second-order valence-electron chi connectivity index (χ2n) is 2.89. The molecular weight excluding hydrogens is 200 g/mol. The molecule has 0 aliphatic carbocycles. The van der Waals surface area contributed by atoms with Gasteiger partial charge in [-0.25, -0.2) is 0 Å². The predicted molar refractivity (Wildman–Crippen MR) is 55.9 cm³/mol. The highest BCUT2D eigenvalue weighted by atomic mass is 28.4. The Balaban J connectivity index is 4.45. The summed E-state index contributed by atoms with van der Waals surface area (Å²) >= 11 is 0. The SMILES string of the molecule is CCC[Si](OCC)(OCC)OC(C)=O. The molecule has 0 spiro atoms. The summed E-state index contributed by atoms with van der Waals surface area (Å²) < 4.78 is 16.2.